The van der Waals surface area contributed by atoms with Gasteiger partial charge in [-0.1, -0.05) is 12.1 Å². The molecule has 0 aliphatic heterocycles. The minimum Gasteiger partial charge on any atom is -0.508 e. The van der Waals surface area contributed by atoms with E-state index in [1.807, 2.05) is 42.5 Å². The van der Waals surface area contributed by atoms with Gasteiger partial charge in [-0.15, -0.1) is 0 Å². The lowest BCUT2D eigenvalue weighted by molar-refractivity contribution is 0.475. The third kappa shape index (κ3) is 5.21. The first-order chi connectivity index (χ1) is 12.3. The highest BCUT2D eigenvalue weighted by Crippen LogP contribution is 2.26. The van der Waals surface area contributed by atoms with E-state index >= 15 is 0 Å². The Hall–Kier alpha value is -3.08. The van der Waals surface area contributed by atoms with Gasteiger partial charge in [0.05, 0.1) is 11.4 Å². The molecule has 0 aliphatic rings. The van der Waals surface area contributed by atoms with Crippen LogP contribution < -0.4 is 10.6 Å². The molecule has 3 rings (SSSR count). The molecule has 0 saturated carbocycles. The van der Waals surface area contributed by atoms with E-state index in [2.05, 4.69) is 20.6 Å². The molecule has 1 aromatic carbocycles. The molecule has 0 saturated heterocycles. The molecular formula is C20H22N4O. The molecule has 0 unspecified atom stereocenters. The van der Waals surface area contributed by atoms with Crippen LogP contribution in [0.25, 0.3) is 0 Å². The number of nitrogens with zero attached hydrogens (tertiary/aromatic N) is 2. The lowest BCUT2D eigenvalue weighted by Crippen LogP contribution is -2.11. The molecule has 5 heteroatoms. The summed E-state index contributed by atoms with van der Waals surface area (Å²) >= 11 is 0. The topological polar surface area (TPSA) is 70.1 Å². The summed E-state index contributed by atoms with van der Waals surface area (Å²) in [5.74, 6) is 0.246. The van der Waals surface area contributed by atoms with Crippen molar-refractivity contribution in [1.82, 2.24) is 9.97 Å². The van der Waals surface area contributed by atoms with Gasteiger partial charge in [-0.05, 0) is 36.4 Å². The number of hydrogen-bond acceptors (Lipinski definition) is 5. The lowest BCUT2D eigenvalue weighted by atomic mass is 10.2. The van der Waals surface area contributed by atoms with Crippen molar-refractivity contribution in [1.29, 1.82) is 0 Å². The van der Waals surface area contributed by atoms with Crippen LogP contribution in [0.15, 0.2) is 67.0 Å². The van der Waals surface area contributed by atoms with Gasteiger partial charge < -0.3 is 15.7 Å². The van der Waals surface area contributed by atoms with Gasteiger partial charge in [0.25, 0.3) is 0 Å². The Bertz CT molecular complexity index is 778. The molecule has 5 nitrogen and oxygen atoms in total. The van der Waals surface area contributed by atoms with E-state index < -0.39 is 0 Å². The molecule has 3 aromatic rings. The molecule has 0 atom stereocenters. The second-order valence-corrected chi connectivity index (χ2v) is 5.73. The summed E-state index contributed by atoms with van der Waals surface area (Å²) in [4.78, 5) is 8.65. The van der Waals surface area contributed by atoms with Crippen molar-refractivity contribution in [2.24, 2.45) is 0 Å². The summed E-state index contributed by atoms with van der Waals surface area (Å²) in [6.07, 6.45) is 5.27. The van der Waals surface area contributed by atoms with Crippen molar-refractivity contribution in [2.75, 3.05) is 23.7 Å². The SMILES string of the molecule is Oc1ccc(NCCc2ccccn2)c(NCCc2ccccn2)c1. The first-order valence-electron chi connectivity index (χ1n) is 8.42. The molecule has 2 heterocycles. The summed E-state index contributed by atoms with van der Waals surface area (Å²) in [5, 5.41) is 16.5. The lowest BCUT2D eigenvalue weighted by Gasteiger charge is -2.14. The summed E-state index contributed by atoms with van der Waals surface area (Å²) < 4.78 is 0. The smallest absolute Gasteiger partial charge is 0.117 e. The standard InChI is InChI=1S/C20H22N4O/c25-18-7-8-19(23-13-9-16-5-1-3-11-21-16)20(15-18)24-14-10-17-6-2-4-12-22-17/h1-8,11-12,15,23-25H,9-10,13-14H2. The zero-order valence-electron chi connectivity index (χ0n) is 14.0. The largest absolute Gasteiger partial charge is 0.508 e. The van der Waals surface area contributed by atoms with Crippen LogP contribution in [-0.2, 0) is 12.8 Å². The van der Waals surface area contributed by atoms with Crippen molar-refractivity contribution < 1.29 is 5.11 Å². The zero-order valence-corrected chi connectivity index (χ0v) is 14.0. The predicted octanol–water partition coefficient (Wildman–Crippen LogP) is 3.49. The number of hydrogen-bond donors (Lipinski definition) is 3. The quantitative estimate of drug-likeness (QED) is 0.550. The highest BCUT2D eigenvalue weighted by Gasteiger charge is 2.04. The highest BCUT2D eigenvalue weighted by molar-refractivity contribution is 5.70. The Morgan fingerprint density at radius 3 is 1.88 bits per heavy atom. The third-order valence-corrected chi connectivity index (χ3v) is 3.85. The van der Waals surface area contributed by atoms with Crippen molar-refractivity contribution in [2.45, 2.75) is 12.8 Å². The van der Waals surface area contributed by atoms with Crippen LogP contribution in [0.4, 0.5) is 11.4 Å². The van der Waals surface area contributed by atoms with Crippen LogP contribution in [0.2, 0.25) is 0 Å². The van der Waals surface area contributed by atoms with Crippen molar-refractivity contribution in [3.63, 3.8) is 0 Å². The van der Waals surface area contributed by atoms with Crippen LogP contribution in [0.1, 0.15) is 11.4 Å². The van der Waals surface area contributed by atoms with Crippen molar-refractivity contribution in [3.8, 4) is 5.75 Å². The van der Waals surface area contributed by atoms with Gasteiger partial charge in [-0.3, -0.25) is 9.97 Å². The number of rotatable bonds is 8. The van der Waals surface area contributed by atoms with E-state index in [9.17, 15) is 5.11 Å². The fraction of sp³-hybridized carbons (Fsp3) is 0.200. The molecule has 0 amide bonds. The van der Waals surface area contributed by atoms with E-state index in [-0.39, 0.29) is 5.75 Å². The molecule has 128 valence electrons. The molecule has 3 N–H and O–H groups in total. The number of aromatic nitrogens is 2. The Morgan fingerprint density at radius 2 is 1.32 bits per heavy atom. The summed E-state index contributed by atoms with van der Waals surface area (Å²) in [6.45, 7) is 1.52. The number of pyridine rings is 2. The maximum absolute atomic E-state index is 9.77. The van der Waals surface area contributed by atoms with E-state index in [0.29, 0.717) is 0 Å². The molecule has 25 heavy (non-hydrogen) atoms. The van der Waals surface area contributed by atoms with Gasteiger partial charge in [0, 0.05) is 55.8 Å². The van der Waals surface area contributed by atoms with E-state index in [1.54, 1.807) is 24.5 Å². The summed E-state index contributed by atoms with van der Waals surface area (Å²) in [6, 6.07) is 17.1. The second-order valence-electron chi connectivity index (χ2n) is 5.73. The van der Waals surface area contributed by atoms with E-state index in [4.69, 9.17) is 0 Å². The van der Waals surface area contributed by atoms with Gasteiger partial charge in [-0.2, -0.15) is 0 Å². The number of aromatic hydroxyl groups is 1. The normalized spacial score (nSPS) is 10.4. The number of anilines is 2. The van der Waals surface area contributed by atoms with Gasteiger partial charge in [0.2, 0.25) is 0 Å². The molecule has 0 fully saturated rings. The Balaban J connectivity index is 1.56. The highest BCUT2D eigenvalue weighted by atomic mass is 16.3. The number of phenols is 1. The van der Waals surface area contributed by atoms with Crippen LogP contribution >= 0.6 is 0 Å². The molecular weight excluding hydrogens is 312 g/mol. The van der Waals surface area contributed by atoms with Gasteiger partial charge in [-0.25, -0.2) is 0 Å². The maximum atomic E-state index is 9.77. The summed E-state index contributed by atoms with van der Waals surface area (Å²) in [7, 11) is 0. The van der Waals surface area contributed by atoms with Gasteiger partial charge >= 0.3 is 0 Å². The number of nitrogens with one attached hydrogen (secondary N) is 2. The number of benzene rings is 1. The minimum absolute atomic E-state index is 0.246. The first-order valence-corrected chi connectivity index (χ1v) is 8.42. The Kier molecular flexibility index (Phi) is 5.82. The van der Waals surface area contributed by atoms with Crippen LogP contribution in [0.3, 0.4) is 0 Å². The zero-order chi connectivity index (χ0) is 17.3. The van der Waals surface area contributed by atoms with Crippen LogP contribution in [-0.4, -0.2) is 28.2 Å². The van der Waals surface area contributed by atoms with Gasteiger partial charge in [0.15, 0.2) is 0 Å². The summed E-state index contributed by atoms with van der Waals surface area (Å²) in [5.41, 5.74) is 3.95. The molecule has 0 aliphatic carbocycles. The van der Waals surface area contributed by atoms with E-state index in [0.717, 1.165) is 48.7 Å². The van der Waals surface area contributed by atoms with Crippen molar-refractivity contribution >= 4 is 11.4 Å². The molecule has 0 radical (unpaired) electrons. The Labute approximate surface area is 147 Å². The van der Waals surface area contributed by atoms with Gasteiger partial charge in [0.1, 0.15) is 5.75 Å². The molecule has 0 spiro atoms. The van der Waals surface area contributed by atoms with E-state index in [1.165, 1.54) is 0 Å². The monoisotopic (exact) mass is 334 g/mol. The molecule has 2 aromatic heterocycles. The second kappa shape index (κ2) is 8.68. The average molecular weight is 334 g/mol. The minimum atomic E-state index is 0.246. The maximum Gasteiger partial charge on any atom is 0.117 e. The molecule has 0 bridgehead atoms. The fourth-order valence-electron chi connectivity index (χ4n) is 2.58. The van der Waals surface area contributed by atoms with Crippen molar-refractivity contribution in [3.05, 3.63) is 78.4 Å². The first kappa shape index (κ1) is 16.8. The predicted molar refractivity (Wildman–Crippen MR) is 101 cm³/mol. The average Bonchev–Trinajstić information content (AvgIpc) is 2.65. The third-order valence-electron chi connectivity index (χ3n) is 3.85. The Morgan fingerprint density at radius 1 is 0.720 bits per heavy atom. The fourth-order valence-corrected chi connectivity index (χ4v) is 2.58. The van der Waals surface area contributed by atoms with Crippen LogP contribution in [0.5, 0.6) is 5.75 Å². The van der Waals surface area contributed by atoms with Crippen LogP contribution in [0, 0.1) is 0 Å². The number of phenolic OH excluding ortho intramolecular Hbond substituents is 1.